The number of nitrogens with one attached hydrogen (secondary N) is 1. The van der Waals surface area contributed by atoms with Crippen LogP contribution in [0, 0.1) is 0 Å². The van der Waals surface area contributed by atoms with Crippen molar-refractivity contribution in [1.29, 1.82) is 0 Å². The molecule has 6 nitrogen and oxygen atoms in total. The first-order valence-corrected chi connectivity index (χ1v) is 8.03. The van der Waals surface area contributed by atoms with Crippen molar-refractivity contribution in [3.05, 3.63) is 52.3 Å². The number of carbonyl (C=O) groups excluding carboxylic acids is 1. The lowest BCUT2D eigenvalue weighted by atomic mass is 10.1. The van der Waals surface area contributed by atoms with Gasteiger partial charge in [-0.2, -0.15) is 13.2 Å². The van der Waals surface area contributed by atoms with Crippen molar-refractivity contribution in [3.63, 3.8) is 0 Å². The van der Waals surface area contributed by atoms with Crippen LogP contribution in [0.15, 0.2) is 30.5 Å². The number of halogens is 5. The summed E-state index contributed by atoms with van der Waals surface area (Å²) in [6.07, 6.45) is -3.71. The number of hydrogen-bond acceptors (Lipinski definition) is 5. The molecule has 154 valence electrons. The number of phenols is 1. The minimum absolute atomic E-state index is 0. The lowest BCUT2D eigenvalue weighted by molar-refractivity contribution is -0.141. The second-order valence-corrected chi connectivity index (χ2v) is 5.83. The molecule has 1 heterocycles. The summed E-state index contributed by atoms with van der Waals surface area (Å²) in [6, 6.07) is 4.48. The van der Waals surface area contributed by atoms with Gasteiger partial charge >= 0.3 is 6.18 Å². The molecule has 2 N–H and O–H groups in total. The van der Waals surface area contributed by atoms with Gasteiger partial charge in [0.15, 0.2) is 0 Å². The monoisotopic (exact) mass is 440 g/mol. The van der Waals surface area contributed by atoms with Gasteiger partial charge in [0, 0.05) is 17.7 Å². The van der Waals surface area contributed by atoms with E-state index in [1.165, 1.54) is 19.2 Å². The van der Waals surface area contributed by atoms with E-state index in [-0.39, 0.29) is 53.2 Å². The van der Waals surface area contributed by atoms with Gasteiger partial charge in [-0.25, -0.2) is 4.98 Å². The van der Waals surface area contributed by atoms with E-state index in [4.69, 9.17) is 21.1 Å². The molecule has 0 bridgehead atoms. The van der Waals surface area contributed by atoms with E-state index in [9.17, 15) is 23.1 Å². The van der Waals surface area contributed by atoms with Gasteiger partial charge in [-0.3, -0.25) is 4.79 Å². The van der Waals surface area contributed by atoms with Crippen molar-refractivity contribution in [2.75, 3.05) is 25.6 Å². The van der Waals surface area contributed by atoms with Crippen LogP contribution >= 0.6 is 24.0 Å². The van der Waals surface area contributed by atoms with Gasteiger partial charge in [-0.15, -0.1) is 12.4 Å². The first kappa shape index (κ1) is 24.0. The molecule has 0 aliphatic carbocycles. The standard InChI is InChI=1S/C17H16ClF3N2O4.ClH/c1-26-4-5-27-9-10-6-11(18)7-13(15(10)24)16(25)23-12-2-3-14(22-8-12)17(19,20)21;/h2-3,6-8,24H,4-5,9H2,1H3,(H,23,25);1H. The zero-order valence-corrected chi connectivity index (χ0v) is 16.1. The number of phenolic OH excluding ortho intramolecular Hbond substituents is 1. The fourth-order valence-electron chi connectivity index (χ4n) is 2.10. The normalized spacial score (nSPS) is 11.0. The first-order valence-electron chi connectivity index (χ1n) is 7.65. The minimum atomic E-state index is -4.58. The Kier molecular flexibility index (Phi) is 8.96. The number of pyridine rings is 1. The molecule has 1 amide bonds. The van der Waals surface area contributed by atoms with Crippen LogP contribution in [0.4, 0.5) is 18.9 Å². The van der Waals surface area contributed by atoms with Crippen LogP contribution in [0.1, 0.15) is 21.6 Å². The highest BCUT2D eigenvalue weighted by atomic mass is 35.5. The SMILES string of the molecule is COCCOCc1cc(Cl)cc(C(=O)Nc2ccc(C(F)(F)F)nc2)c1O.Cl. The van der Waals surface area contributed by atoms with Crippen LogP contribution in [0.3, 0.4) is 0 Å². The van der Waals surface area contributed by atoms with Crippen LogP contribution in [0.5, 0.6) is 5.75 Å². The highest BCUT2D eigenvalue weighted by Gasteiger charge is 2.32. The number of benzene rings is 1. The van der Waals surface area contributed by atoms with Gasteiger partial charge in [-0.05, 0) is 24.3 Å². The molecule has 11 heteroatoms. The maximum absolute atomic E-state index is 12.5. The number of aromatic hydroxyl groups is 1. The molecule has 0 aliphatic heterocycles. The molecule has 0 atom stereocenters. The molecule has 0 saturated carbocycles. The molecular weight excluding hydrogens is 424 g/mol. The minimum Gasteiger partial charge on any atom is -0.507 e. The maximum Gasteiger partial charge on any atom is 0.433 e. The molecule has 1 aromatic heterocycles. The van der Waals surface area contributed by atoms with E-state index < -0.39 is 17.8 Å². The van der Waals surface area contributed by atoms with Crippen LogP contribution < -0.4 is 5.32 Å². The maximum atomic E-state index is 12.5. The van der Waals surface area contributed by atoms with E-state index >= 15 is 0 Å². The van der Waals surface area contributed by atoms with E-state index in [1.807, 2.05) is 0 Å². The van der Waals surface area contributed by atoms with Crippen LogP contribution in [0.2, 0.25) is 5.02 Å². The second-order valence-electron chi connectivity index (χ2n) is 5.39. The molecule has 0 aliphatic rings. The zero-order valence-electron chi connectivity index (χ0n) is 14.5. The number of ether oxygens (including phenoxy) is 2. The van der Waals surface area contributed by atoms with E-state index in [0.717, 1.165) is 18.3 Å². The molecule has 0 spiro atoms. The molecule has 28 heavy (non-hydrogen) atoms. The number of anilines is 1. The number of hydrogen-bond donors (Lipinski definition) is 2. The third-order valence-corrected chi connectivity index (χ3v) is 3.62. The molecular formula is C17H17Cl2F3N2O4. The first-order chi connectivity index (χ1) is 12.7. The third-order valence-electron chi connectivity index (χ3n) is 3.40. The Bertz CT molecular complexity index is 802. The quantitative estimate of drug-likeness (QED) is 0.627. The lowest BCUT2D eigenvalue weighted by Crippen LogP contribution is -2.14. The number of methoxy groups -OCH3 is 1. The van der Waals surface area contributed by atoms with E-state index in [1.54, 1.807) is 0 Å². The predicted octanol–water partition coefficient (Wildman–Crippen LogP) is 4.30. The molecule has 0 saturated heterocycles. The van der Waals surface area contributed by atoms with Crippen LogP contribution in [0.25, 0.3) is 0 Å². The van der Waals surface area contributed by atoms with E-state index in [2.05, 4.69) is 10.3 Å². The fourth-order valence-corrected chi connectivity index (χ4v) is 2.34. The summed E-state index contributed by atoms with van der Waals surface area (Å²) in [7, 11) is 1.51. The topological polar surface area (TPSA) is 80.7 Å². The number of rotatable bonds is 7. The molecule has 2 aromatic rings. The largest absolute Gasteiger partial charge is 0.507 e. The Labute approximate surface area is 170 Å². The average molecular weight is 441 g/mol. The second kappa shape index (κ2) is 10.5. The highest BCUT2D eigenvalue weighted by Crippen LogP contribution is 2.30. The molecule has 0 fully saturated rings. The summed E-state index contributed by atoms with van der Waals surface area (Å²) in [5.74, 6) is -1.09. The summed E-state index contributed by atoms with van der Waals surface area (Å²) in [5.41, 5.74) is -0.908. The molecule has 0 radical (unpaired) electrons. The highest BCUT2D eigenvalue weighted by molar-refractivity contribution is 6.31. The van der Waals surface area contributed by atoms with Gasteiger partial charge in [0.05, 0.1) is 37.3 Å². The average Bonchev–Trinajstić information content (AvgIpc) is 2.60. The Morgan fingerprint density at radius 2 is 2.00 bits per heavy atom. The summed E-state index contributed by atoms with van der Waals surface area (Å²) in [6.45, 7) is 0.634. The Morgan fingerprint density at radius 3 is 2.57 bits per heavy atom. The Balaban J connectivity index is 0.00000392. The Morgan fingerprint density at radius 1 is 1.29 bits per heavy atom. The van der Waals surface area contributed by atoms with Gasteiger partial charge in [0.2, 0.25) is 0 Å². The number of amides is 1. The number of carbonyl (C=O) groups is 1. The Hall–Kier alpha value is -2.07. The van der Waals surface area contributed by atoms with Crippen molar-refractivity contribution >= 4 is 35.6 Å². The fraction of sp³-hybridized carbons (Fsp3) is 0.294. The number of aromatic nitrogens is 1. The van der Waals surface area contributed by atoms with Crippen LogP contribution in [-0.2, 0) is 22.3 Å². The molecule has 2 rings (SSSR count). The molecule has 1 aromatic carbocycles. The lowest BCUT2D eigenvalue weighted by Gasteiger charge is -2.12. The van der Waals surface area contributed by atoms with Gasteiger partial charge in [0.25, 0.3) is 5.91 Å². The van der Waals surface area contributed by atoms with Gasteiger partial charge < -0.3 is 19.9 Å². The summed E-state index contributed by atoms with van der Waals surface area (Å²) < 4.78 is 47.7. The van der Waals surface area contributed by atoms with Gasteiger partial charge in [0.1, 0.15) is 11.4 Å². The number of alkyl halides is 3. The predicted molar refractivity (Wildman–Crippen MR) is 99.1 cm³/mol. The number of nitrogens with zero attached hydrogens (tertiary/aromatic N) is 1. The summed E-state index contributed by atoms with van der Waals surface area (Å²) >= 11 is 5.97. The third kappa shape index (κ3) is 6.52. The van der Waals surface area contributed by atoms with Crippen molar-refractivity contribution in [2.24, 2.45) is 0 Å². The van der Waals surface area contributed by atoms with Crippen molar-refractivity contribution in [2.45, 2.75) is 12.8 Å². The van der Waals surface area contributed by atoms with Crippen molar-refractivity contribution in [3.8, 4) is 5.75 Å². The molecule has 0 unspecified atom stereocenters. The van der Waals surface area contributed by atoms with Crippen LogP contribution in [-0.4, -0.2) is 36.3 Å². The smallest absolute Gasteiger partial charge is 0.433 e. The van der Waals surface area contributed by atoms with Gasteiger partial charge in [-0.1, -0.05) is 11.6 Å². The van der Waals surface area contributed by atoms with Crippen molar-refractivity contribution in [1.82, 2.24) is 4.98 Å². The summed E-state index contributed by atoms with van der Waals surface area (Å²) in [4.78, 5) is 15.6. The van der Waals surface area contributed by atoms with E-state index in [0.29, 0.717) is 6.61 Å². The summed E-state index contributed by atoms with van der Waals surface area (Å²) in [5, 5.41) is 12.8. The zero-order chi connectivity index (χ0) is 20.0. The van der Waals surface area contributed by atoms with Crippen molar-refractivity contribution < 1.29 is 32.5 Å².